The van der Waals surface area contributed by atoms with Gasteiger partial charge in [-0.05, 0) is 48.0 Å². The number of nitrogens with one attached hydrogen (secondary N) is 1. The van der Waals surface area contributed by atoms with Gasteiger partial charge in [-0.3, -0.25) is 14.5 Å². The summed E-state index contributed by atoms with van der Waals surface area (Å²) in [6.07, 6.45) is 2.99. The maximum atomic E-state index is 12.8. The molecule has 1 N–H and O–H groups in total. The molecule has 0 amide bonds. The van der Waals surface area contributed by atoms with Gasteiger partial charge in [0.2, 0.25) is 0 Å². The van der Waals surface area contributed by atoms with Gasteiger partial charge in [-0.1, -0.05) is 53.5 Å². The van der Waals surface area contributed by atoms with Gasteiger partial charge in [0.05, 0.1) is 10.6 Å². The highest BCUT2D eigenvalue weighted by molar-refractivity contribution is 9.08. The van der Waals surface area contributed by atoms with E-state index in [-0.39, 0.29) is 21.9 Å². The molecule has 1 heterocycles. The van der Waals surface area contributed by atoms with E-state index in [1.54, 1.807) is 24.3 Å². The Morgan fingerprint density at radius 3 is 2.24 bits per heavy atom. The Morgan fingerprint density at radius 2 is 1.66 bits per heavy atom. The Morgan fingerprint density at radius 1 is 1.03 bits per heavy atom. The second-order valence-corrected chi connectivity index (χ2v) is 8.32. The van der Waals surface area contributed by atoms with E-state index in [0.29, 0.717) is 15.9 Å². The van der Waals surface area contributed by atoms with Crippen molar-refractivity contribution in [1.82, 2.24) is 4.98 Å². The molecule has 0 aliphatic rings. The summed E-state index contributed by atoms with van der Waals surface area (Å²) in [6, 6.07) is 14.0. The highest BCUT2D eigenvalue weighted by Gasteiger charge is 2.20. The first-order valence-electron chi connectivity index (χ1n) is 8.83. The molecule has 0 unspecified atom stereocenters. The van der Waals surface area contributed by atoms with E-state index in [9.17, 15) is 13.2 Å². The van der Waals surface area contributed by atoms with Crippen LogP contribution in [0.1, 0.15) is 35.3 Å². The van der Waals surface area contributed by atoms with Crippen LogP contribution in [0, 0.1) is 0 Å². The zero-order chi connectivity index (χ0) is 21.4. The Bertz CT molecular complexity index is 1070. The molecule has 0 saturated carbocycles. The van der Waals surface area contributed by atoms with Crippen LogP contribution in [0.5, 0.6) is 0 Å². The third-order valence-corrected chi connectivity index (χ3v) is 6.07. The van der Waals surface area contributed by atoms with Crippen molar-refractivity contribution < 1.29 is 13.2 Å². The summed E-state index contributed by atoms with van der Waals surface area (Å²) in [5.74, 6) is -0.354. The zero-order valence-corrected chi connectivity index (χ0v) is 19.1. The van der Waals surface area contributed by atoms with Crippen molar-refractivity contribution in [3.63, 3.8) is 0 Å². The number of nitrogens with zero attached hydrogens (tertiary/aromatic N) is 1. The van der Waals surface area contributed by atoms with Gasteiger partial charge >= 0.3 is 0 Å². The molecule has 0 saturated heterocycles. The van der Waals surface area contributed by atoms with E-state index < -0.39 is 10.0 Å². The maximum Gasteiger partial charge on any atom is 0.261 e. The lowest BCUT2D eigenvalue weighted by Gasteiger charge is -2.13. The molecule has 0 fully saturated rings. The SMILES string of the molecule is CC.O=C(c1ccncc1)c1cc(Cl)ccc1NS(=O)(=O)c1ccc(CBr)cc1. The van der Waals surface area contributed by atoms with E-state index >= 15 is 0 Å². The van der Waals surface area contributed by atoms with E-state index in [1.165, 1.54) is 42.7 Å². The molecule has 8 heteroatoms. The van der Waals surface area contributed by atoms with Crippen LogP contribution in [0.2, 0.25) is 5.02 Å². The Balaban J connectivity index is 0.00000145. The van der Waals surface area contributed by atoms with Gasteiger partial charge in [-0.25, -0.2) is 8.42 Å². The summed E-state index contributed by atoms with van der Waals surface area (Å²) < 4.78 is 27.9. The molecular weight excluding hydrogens is 476 g/mol. The van der Waals surface area contributed by atoms with Crippen molar-refractivity contribution in [3.05, 3.63) is 88.7 Å². The van der Waals surface area contributed by atoms with Crippen LogP contribution in [-0.2, 0) is 15.4 Å². The fraction of sp³-hybridized carbons (Fsp3) is 0.143. The molecule has 3 aromatic rings. The van der Waals surface area contributed by atoms with Crippen LogP contribution in [0.4, 0.5) is 5.69 Å². The lowest BCUT2D eigenvalue weighted by molar-refractivity contribution is 0.103. The first-order chi connectivity index (χ1) is 13.9. The minimum atomic E-state index is -3.86. The molecule has 0 aliphatic heterocycles. The number of hydrogen-bond acceptors (Lipinski definition) is 4. The molecule has 0 atom stereocenters. The Hall–Kier alpha value is -2.22. The molecule has 3 rings (SSSR count). The summed E-state index contributed by atoms with van der Waals surface area (Å²) in [6.45, 7) is 4.00. The topological polar surface area (TPSA) is 76.1 Å². The number of benzene rings is 2. The number of carbonyl (C=O) groups excluding carboxylic acids is 1. The number of ketones is 1. The quantitative estimate of drug-likeness (QED) is 0.352. The fourth-order valence-corrected chi connectivity index (χ4v) is 4.04. The smallest absolute Gasteiger partial charge is 0.261 e. The summed E-state index contributed by atoms with van der Waals surface area (Å²) in [5.41, 5.74) is 1.66. The fourth-order valence-electron chi connectivity index (χ4n) is 2.41. The first kappa shape index (κ1) is 23.1. The molecule has 2 aromatic carbocycles. The van der Waals surface area contributed by atoms with E-state index in [1.807, 2.05) is 13.8 Å². The standard InChI is InChI=1S/C19H14BrClN2O3S.C2H6/c20-12-13-1-4-16(5-2-13)27(25,26)23-18-6-3-15(21)11-17(18)19(24)14-7-9-22-10-8-14;1-2/h1-11,23H,12H2;1-2H3. The van der Waals surface area contributed by atoms with Crippen molar-refractivity contribution in [2.45, 2.75) is 24.1 Å². The largest absolute Gasteiger partial charge is 0.289 e. The average Bonchev–Trinajstić information content (AvgIpc) is 2.76. The number of sulfonamides is 1. The average molecular weight is 496 g/mol. The predicted molar refractivity (Wildman–Crippen MR) is 120 cm³/mol. The van der Waals surface area contributed by atoms with E-state index in [4.69, 9.17) is 11.6 Å². The van der Waals surface area contributed by atoms with Crippen LogP contribution in [-0.4, -0.2) is 19.2 Å². The second kappa shape index (κ2) is 10.5. The van der Waals surface area contributed by atoms with Gasteiger partial charge in [-0.2, -0.15) is 0 Å². The molecule has 0 aliphatic carbocycles. The number of rotatable bonds is 6. The summed E-state index contributed by atoms with van der Waals surface area (Å²) >= 11 is 9.34. The zero-order valence-electron chi connectivity index (χ0n) is 15.9. The van der Waals surface area contributed by atoms with Crippen LogP contribution in [0.15, 0.2) is 71.9 Å². The monoisotopic (exact) mass is 494 g/mol. The van der Waals surface area contributed by atoms with Gasteiger partial charge in [0, 0.05) is 33.9 Å². The third kappa shape index (κ3) is 5.88. The molecular formula is C21H20BrClN2O3S. The number of alkyl halides is 1. The molecule has 5 nitrogen and oxygen atoms in total. The van der Waals surface area contributed by atoms with Crippen LogP contribution in [0.3, 0.4) is 0 Å². The molecule has 0 bridgehead atoms. The maximum absolute atomic E-state index is 12.8. The predicted octanol–water partition coefficient (Wildman–Crippen LogP) is 5.69. The number of carbonyl (C=O) groups is 1. The van der Waals surface area contributed by atoms with Crippen molar-refractivity contribution in [1.29, 1.82) is 0 Å². The molecule has 1 aromatic heterocycles. The highest BCUT2D eigenvalue weighted by atomic mass is 79.9. The van der Waals surface area contributed by atoms with Gasteiger partial charge < -0.3 is 0 Å². The van der Waals surface area contributed by atoms with Gasteiger partial charge in [0.15, 0.2) is 5.78 Å². The highest BCUT2D eigenvalue weighted by Crippen LogP contribution is 2.26. The summed E-state index contributed by atoms with van der Waals surface area (Å²) in [5, 5.41) is 0.958. The number of hydrogen-bond donors (Lipinski definition) is 1. The van der Waals surface area contributed by atoms with Crippen molar-refractivity contribution in [2.24, 2.45) is 0 Å². The first-order valence-corrected chi connectivity index (χ1v) is 11.8. The number of halogens is 2. The van der Waals surface area contributed by atoms with Crippen LogP contribution >= 0.6 is 27.5 Å². The molecule has 152 valence electrons. The lowest BCUT2D eigenvalue weighted by Crippen LogP contribution is -2.16. The number of aromatic nitrogens is 1. The number of pyridine rings is 1. The van der Waals surface area contributed by atoms with E-state index in [0.717, 1.165) is 5.56 Å². The van der Waals surface area contributed by atoms with Gasteiger partial charge in [0.25, 0.3) is 10.0 Å². The van der Waals surface area contributed by atoms with Crippen molar-refractivity contribution >= 4 is 49.0 Å². The second-order valence-electron chi connectivity index (χ2n) is 5.64. The van der Waals surface area contributed by atoms with Gasteiger partial charge in [0.1, 0.15) is 0 Å². The molecule has 0 radical (unpaired) electrons. The summed E-state index contributed by atoms with van der Waals surface area (Å²) in [7, 11) is -3.86. The van der Waals surface area contributed by atoms with Crippen LogP contribution in [0.25, 0.3) is 0 Å². The van der Waals surface area contributed by atoms with Crippen LogP contribution < -0.4 is 4.72 Å². The van der Waals surface area contributed by atoms with E-state index in [2.05, 4.69) is 25.6 Å². The minimum Gasteiger partial charge on any atom is -0.289 e. The molecule has 0 spiro atoms. The molecule has 29 heavy (non-hydrogen) atoms. The normalized spacial score (nSPS) is 10.6. The minimum absolute atomic E-state index is 0.101. The van der Waals surface area contributed by atoms with Crippen molar-refractivity contribution in [2.75, 3.05) is 4.72 Å². The van der Waals surface area contributed by atoms with Crippen molar-refractivity contribution in [3.8, 4) is 0 Å². The Labute approximate surface area is 184 Å². The number of anilines is 1. The Kier molecular flexibility index (Phi) is 8.37. The lowest BCUT2D eigenvalue weighted by atomic mass is 10.0. The third-order valence-electron chi connectivity index (χ3n) is 3.80. The van der Waals surface area contributed by atoms with Gasteiger partial charge in [-0.15, -0.1) is 0 Å². The summed E-state index contributed by atoms with van der Waals surface area (Å²) in [4.78, 5) is 16.8.